The quantitative estimate of drug-likeness (QED) is 0.787. The van der Waals surface area contributed by atoms with Crippen molar-refractivity contribution in [2.75, 3.05) is 0 Å². The van der Waals surface area contributed by atoms with Crippen LogP contribution < -0.4 is 0 Å². The molecule has 0 saturated heterocycles. The van der Waals surface area contributed by atoms with E-state index in [0.717, 1.165) is 12.8 Å². The summed E-state index contributed by atoms with van der Waals surface area (Å²) in [4.78, 5) is 9.95. The van der Waals surface area contributed by atoms with Crippen LogP contribution in [0.4, 0.5) is 0 Å². The number of carbonyl (C=O) groups is 1. The van der Waals surface area contributed by atoms with Crippen LogP contribution in [-0.4, -0.2) is 14.8 Å². The summed E-state index contributed by atoms with van der Waals surface area (Å²) in [6.45, 7) is 0. The number of halogens is 2. The monoisotopic (exact) mass is 258 g/mol. The molecule has 0 spiro atoms. The Morgan fingerprint density at radius 1 is 1.56 bits per heavy atom. The molecular formula is C5H8Br2O2. The molecule has 0 heterocycles. The lowest BCUT2D eigenvalue weighted by Gasteiger charge is -1.96. The smallest absolute Gasteiger partial charge is 0.303 e. The number of carboxylic acids is 1. The summed E-state index contributed by atoms with van der Waals surface area (Å²) in [5.74, 6) is -0.726. The zero-order valence-corrected chi connectivity index (χ0v) is 7.98. The molecule has 0 aliphatic carbocycles. The van der Waals surface area contributed by atoms with Crippen LogP contribution in [0.25, 0.3) is 0 Å². The topological polar surface area (TPSA) is 37.3 Å². The number of rotatable bonds is 4. The zero-order chi connectivity index (χ0) is 7.28. The molecule has 0 rings (SSSR count). The Bertz CT molecular complexity index is 93.0. The Hall–Kier alpha value is 0.430. The van der Waals surface area contributed by atoms with Crippen LogP contribution in [-0.2, 0) is 4.79 Å². The van der Waals surface area contributed by atoms with Crippen molar-refractivity contribution < 1.29 is 9.90 Å². The van der Waals surface area contributed by atoms with Gasteiger partial charge < -0.3 is 5.11 Å². The molecule has 0 unspecified atom stereocenters. The lowest BCUT2D eigenvalue weighted by Crippen LogP contribution is -1.95. The lowest BCUT2D eigenvalue weighted by atomic mass is 10.3. The molecule has 0 fully saturated rings. The van der Waals surface area contributed by atoms with Crippen molar-refractivity contribution in [3.05, 3.63) is 0 Å². The van der Waals surface area contributed by atoms with Crippen LogP contribution in [0.1, 0.15) is 19.3 Å². The van der Waals surface area contributed by atoms with Crippen molar-refractivity contribution >= 4 is 37.8 Å². The second-order valence-corrected chi connectivity index (χ2v) is 5.12. The first-order chi connectivity index (χ1) is 4.13. The maximum atomic E-state index is 9.95. The number of carboxylic acid groups (broad SMARTS) is 1. The third-order valence-corrected chi connectivity index (χ3v) is 1.73. The van der Waals surface area contributed by atoms with Crippen LogP contribution in [0.15, 0.2) is 0 Å². The van der Waals surface area contributed by atoms with E-state index in [1.165, 1.54) is 0 Å². The van der Waals surface area contributed by atoms with E-state index in [4.69, 9.17) is 5.11 Å². The highest BCUT2D eigenvalue weighted by atomic mass is 79.9. The van der Waals surface area contributed by atoms with E-state index in [1.807, 2.05) is 0 Å². The van der Waals surface area contributed by atoms with Gasteiger partial charge in [0.2, 0.25) is 0 Å². The van der Waals surface area contributed by atoms with Gasteiger partial charge in [-0.3, -0.25) is 4.79 Å². The summed E-state index contributed by atoms with van der Waals surface area (Å²) in [5, 5.41) is 8.20. The first kappa shape index (κ1) is 9.43. The van der Waals surface area contributed by atoms with Crippen LogP contribution in [0.5, 0.6) is 0 Å². The van der Waals surface area contributed by atoms with Gasteiger partial charge in [0.1, 0.15) is 0 Å². The number of aliphatic carboxylic acids is 1. The van der Waals surface area contributed by atoms with Gasteiger partial charge in [0.25, 0.3) is 0 Å². The molecule has 0 aromatic heterocycles. The van der Waals surface area contributed by atoms with Crippen molar-refractivity contribution in [2.24, 2.45) is 0 Å². The van der Waals surface area contributed by atoms with Crippen molar-refractivity contribution in [2.45, 2.75) is 23.0 Å². The SMILES string of the molecule is O=C(O)CCCC(Br)Br. The van der Waals surface area contributed by atoms with Crippen molar-refractivity contribution in [3.63, 3.8) is 0 Å². The molecule has 0 bridgehead atoms. The van der Waals surface area contributed by atoms with Crippen LogP contribution in [0.2, 0.25) is 0 Å². The maximum Gasteiger partial charge on any atom is 0.303 e. The molecule has 0 amide bonds. The van der Waals surface area contributed by atoms with Crippen molar-refractivity contribution in [3.8, 4) is 0 Å². The van der Waals surface area contributed by atoms with Crippen LogP contribution >= 0.6 is 31.9 Å². The average molecular weight is 260 g/mol. The fraction of sp³-hybridized carbons (Fsp3) is 0.800. The molecule has 0 aliphatic rings. The maximum absolute atomic E-state index is 9.95. The third kappa shape index (κ3) is 8.43. The molecule has 0 aliphatic heterocycles. The Kier molecular flexibility index (Phi) is 5.48. The minimum absolute atomic E-state index is 0.254. The molecule has 54 valence electrons. The van der Waals surface area contributed by atoms with Crippen LogP contribution in [0, 0.1) is 0 Å². The van der Waals surface area contributed by atoms with Gasteiger partial charge in [-0.25, -0.2) is 0 Å². The molecular weight excluding hydrogens is 252 g/mol. The highest BCUT2D eigenvalue weighted by Crippen LogP contribution is 2.15. The molecule has 0 aromatic carbocycles. The molecule has 4 heteroatoms. The number of alkyl halides is 2. The van der Waals surface area contributed by atoms with E-state index in [2.05, 4.69) is 31.9 Å². The first-order valence-corrected chi connectivity index (χ1v) is 4.46. The Labute approximate surface area is 70.9 Å². The van der Waals surface area contributed by atoms with E-state index in [-0.39, 0.29) is 10.2 Å². The fourth-order valence-corrected chi connectivity index (χ4v) is 1.06. The fourth-order valence-electron chi connectivity index (χ4n) is 0.408. The van der Waals surface area contributed by atoms with Gasteiger partial charge in [0.05, 0.1) is 3.74 Å². The highest BCUT2D eigenvalue weighted by molar-refractivity contribution is 9.24. The lowest BCUT2D eigenvalue weighted by molar-refractivity contribution is -0.137. The third-order valence-electron chi connectivity index (χ3n) is 0.813. The Morgan fingerprint density at radius 3 is 2.44 bits per heavy atom. The van der Waals surface area contributed by atoms with Gasteiger partial charge >= 0.3 is 5.97 Å². The van der Waals surface area contributed by atoms with E-state index in [0.29, 0.717) is 0 Å². The van der Waals surface area contributed by atoms with Gasteiger partial charge in [-0.2, -0.15) is 0 Å². The van der Waals surface area contributed by atoms with Gasteiger partial charge in [-0.15, -0.1) is 0 Å². The molecule has 0 radical (unpaired) electrons. The normalized spacial score (nSPS) is 10.1. The summed E-state index contributed by atoms with van der Waals surface area (Å²) in [6.07, 6.45) is 1.83. The van der Waals surface area contributed by atoms with Crippen molar-refractivity contribution in [1.82, 2.24) is 0 Å². The van der Waals surface area contributed by atoms with Gasteiger partial charge in [-0.1, -0.05) is 31.9 Å². The summed E-state index contributed by atoms with van der Waals surface area (Å²) in [5.41, 5.74) is 0. The largest absolute Gasteiger partial charge is 0.481 e. The Morgan fingerprint density at radius 2 is 2.11 bits per heavy atom. The first-order valence-electron chi connectivity index (χ1n) is 2.63. The minimum atomic E-state index is -0.726. The highest BCUT2D eigenvalue weighted by Gasteiger charge is 1.99. The molecule has 0 aromatic rings. The van der Waals surface area contributed by atoms with Crippen molar-refractivity contribution in [1.29, 1.82) is 0 Å². The molecule has 0 atom stereocenters. The van der Waals surface area contributed by atoms with Gasteiger partial charge in [0, 0.05) is 6.42 Å². The Balaban J connectivity index is 3.01. The van der Waals surface area contributed by atoms with Gasteiger partial charge in [0.15, 0.2) is 0 Å². The predicted molar refractivity (Wildman–Crippen MR) is 43.1 cm³/mol. The zero-order valence-electron chi connectivity index (χ0n) is 4.81. The molecule has 2 nitrogen and oxygen atoms in total. The molecule has 1 N–H and O–H groups in total. The second kappa shape index (κ2) is 5.23. The predicted octanol–water partition coefficient (Wildman–Crippen LogP) is 2.36. The van der Waals surface area contributed by atoms with E-state index in [1.54, 1.807) is 0 Å². The minimum Gasteiger partial charge on any atom is -0.481 e. The van der Waals surface area contributed by atoms with Gasteiger partial charge in [-0.05, 0) is 12.8 Å². The molecule has 9 heavy (non-hydrogen) atoms. The second-order valence-electron chi connectivity index (χ2n) is 1.68. The summed E-state index contributed by atoms with van der Waals surface area (Å²) in [7, 11) is 0. The summed E-state index contributed by atoms with van der Waals surface area (Å²) >= 11 is 6.50. The molecule has 0 saturated carbocycles. The van der Waals surface area contributed by atoms with E-state index < -0.39 is 5.97 Å². The van der Waals surface area contributed by atoms with E-state index >= 15 is 0 Å². The van der Waals surface area contributed by atoms with Crippen LogP contribution in [0.3, 0.4) is 0 Å². The standard InChI is InChI=1S/C5H8Br2O2/c6-4(7)2-1-3-5(8)9/h4H,1-3H2,(H,8,9). The van der Waals surface area contributed by atoms with E-state index in [9.17, 15) is 4.79 Å². The summed E-state index contributed by atoms with van der Waals surface area (Å²) < 4.78 is 0.254. The number of hydrogen-bond acceptors (Lipinski definition) is 1. The number of hydrogen-bond donors (Lipinski definition) is 1. The average Bonchev–Trinajstić information content (AvgIpc) is 1.63. The summed E-state index contributed by atoms with van der Waals surface area (Å²) in [6, 6.07) is 0.